The number of carbonyl (C=O) groups excluding carboxylic acids is 1. The van der Waals surface area contributed by atoms with E-state index >= 15 is 0 Å². The Hall–Kier alpha value is -0.610. The predicted molar refractivity (Wildman–Crippen MR) is 78.2 cm³/mol. The molecule has 1 aliphatic carbocycles. The maximum atomic E-state index is 12.8. The van der Waals surface area contributed by atoms with Gasteiger partial charge in [0.15, 0.2) is 0 Å². The number of nitrogens with one attached hydrogen (secondary N) is 1. The molecule has 2 aliphatic rings. The van der Waals surface area contributed by atoms with Crippen molar-refractivity contribution in [1.82, 2.24) is 15.1 Å². The third-order valence-electron chi connectivity index (χ3n) is 5.22. The van der Waals surface area contributed by atoms with Gasteiger partial charge in [0.25, 0.3) is 0 Å². The summed E-state index contributed by atoms with van der Waals surface area (Å²) in [6.07, 6.45) is 6.46. The van der Waals surface area contributed by atoms with Gasteiger partial charge in [0, 0.05) is 18.6 Å². The molecule has 1 saturated heterocycles. The highest BCUT2D eigenvalue weighted by atomic mass is 16.2. The Balaban J connectivity index is 2.03. The van der Waals surface area contributed by atoms with Gasteiger partial charge in [0.2, 0.25) is 5.91 Å². The Morgan fingerprint density at radius 1 is 1.11 bits per heavy atom. The number of nitrogens with zero attached hydrogens (tertiary/aromatic N) is 2. The van der Waals surface area contributed by atoms with Crippen LogP contribution in [0.1, 0.15) is 45.4 Å². The molecule has 110 valence electrons. The Bertz CT molecular complexity index is 326. The third-order valence-corrected chi connectivity index (χ3v) is 5.22. The second kappa shape index (κ2) is 5.41. The van der Waals surface area contributed by atoms with Crippen molar-refractivity contribution in [2.24, 2.45) is 0 Å². The van der Waals surface area contributed by atoms with E-state index in [1.807, 2.05) is 14.1 Å². The summed E-state index contributed by atoms with van der Waals surface area (Å²) in [4.78, 5) is 17.3. The average Bonchev–Trinajstić information content (AvgIpc) is 2.84. The van der Waals surface area contributed by atoms with Crippen LogP contribution < -0.4 is 5.32 Å². The smallest absolute Gasteiger partial charge is 0.240 e. The Morgan fingerprint density at radius 2 is 1.63 bits per heavy atom. The average molecular weight is 267 g/mol. The molecule has 4 nitrogen and oxygen atoms in total. The van der Waals surface area contributed by atoms with Gasteiger partial charge in [0.1, 0.15) is 0 Å². The Kier molecular flexibility index (Phi) is 4.21. The standard InChI is InChI=1S/C15H29N3O/c1-14(9-11-18(4)12-10-14)16-13(19)15(17(2)3)7-5-6-8-15/h5-12H2,1-4H3,(H,16,19). The van der Waals surface area contributed by atoms with Crippen molar-refractivity contribution in [3.05, 3.63) is 0 Å². The van der Waals surface area contributed by atoms with Crippen molar-refractivity contribution in [2.75, 3.05) is 34.2 Å². The molecule has 1 heterocycles. The molecule has 1 N–H and O–H groups in total. The third kappa shape index (κ3) is 2.95. The minimum Gasteiger partial charge on any atom is -0.349 e. The molecule has 4 heteroatoms. The highest BCUT2D eigenvalue weighted by Crippen LogP contribution is 2.35. The van der Waals surface area contributed by atoms with Gasteiger partial charge in [0.05, 0.1) is 5.54 Å². The molecule has 2 fully saturated rings. The molecule has 19 heavy (non-hydrogen) atoms. The second-order valence-corrected chi connectivity index (χ2v) is 6.95. The largest absolute Gasteiger partial charge is 0.349 e. The monoisotopic (exact) mass is 267 g/mol. The van der Waals surface area contributed by atoms with Gasteiger partial charge in [-0.2, -0.15) is 0 Å². The lowest BCUT2D eigenvalue weighted by Crippen LogP contribution is -2.61. The fourth-order valence-electron chi connectivity index (χ4n) is 3.46. The van der Waals surface area contributed by atoms with Gasteiger partial charge in [-0.15, -0.1) is 0 Å². The van der Waals surface area contributed by atoms with E-state index in [-0.39, 0.29) is 17.0 Å². The molecule has 1 aliphatic heterocycles. The summed E-state index contributed by atoms with van der Waals surface area (Å²) < 4.78 is 0. The zero-order valence-electron chi connectivity index (χ0n) is 13.0. The number of carbonyl (C=O) groups is 1. The zero-order chi connectivity index (χ0) is 14.1. The summed E-state index contributed by atoms with van der Waals surface area (Å²) >= 11 is 0. The molecule has 0 bridgehead atoms. The minimum atomic E-state index is -0.258. The first kappa shape index (κ1) is 14.8. The summed E-state index contributed by atoms with van der Waals surface area (Å²) in [7, 11) is 6.24. The maximum absolute atomic E-state index is 12.8. The van der Waals surface area contributed by atoms with E-state index in [4.69, 9.17) is 0 Å². The molecule has 2 rings (SSSR count). The quantitative estimate of drug-likeness (QED) is 0.841. The van der Waals surface area contributed by atoms with Crippen LogP contribution in [0.3, 0.4) is 0 Å². The van der Waals surface area contributed by atoms with E-state index in [1.165, 1.54) is 12.8 Å². The van der Waals surface area contributed by atoms with Crippen molar-refractivity contribution >= 4 is 5.91 Å². The van der Waals surface area contributed by atoms with Crippen LogP contribution in [0.25, 0.3) is 0 Å². The number of piperidine rings is 1. The number of amides is 1. The molecule has 1 saturated carbocycles. The molecule has 0 spiro atoms. The van der Waals surface area contributed by atoms with E-state index in [9.17, 15) is 4.79 Å². The van der Waals surface area contributed by atoms with Gasteiger partial charge < -0.3 is 10.2 Å². The van der Waals surface area contributed by atoms with Crippen LogP contribution in [-0.4, -0.2) is 61.0 Å². The maximum Gasteiger partial charge on any atom is 0.240 e. The first-order chi connectivity index (χ1) is 8.88. The molecule has 0 radical (unpaired) electrons. The predicted octanol–water partition coefficient (Wildman–Crippen LogP) is 1.46. The van der Waals surface area contributed by atoms with E-state index < -0.39 is 0 Å². The van der Waals surface area contributed by atoms with E-state index in [1.54, 1.807) is 0 Å². The minimum absolute atomic E-state index is 0.0187. The number of likely N-dealkylation sites (tertiary alicyclic amines) is 1. The summed E-state index contributed by atoms with van der Waals surface area (Å²) in [6, 6.07) is 0. The van der Waals surface area contributed by atoms with Crippen molar-refractivity contribution in [1.29, 1.82) is 0 Å². The molecule has 0 aromatic heterocycles. The molecule has 0 atom stereocenters. The first-order valence-electron chi connectivity index (χ1n) is 7.57. The van der Waals surface area contributed by atoms with Crippen LogP contribution in [0.4, 0.5) is 0 Å². The van der Waals surface area contributed by atoms with Crippen LogP contribution in [0.15, 0.2) is 0 Å². The number of likely N-dealkylation sites (N-methyl/N-ethyl adjacent to an activating group) is 1. The lowest BCUT2D eigenvalue weighted by atomic mass is 9.87. The van der Waals surface area contributed by atoms with E-state index in [2.05, 4.69) is 29.1 Å². The molecule has 0 aromatic carbocycles. The molecular weight excluding hydrogens is 238 g/mol. The van der Waals surface area contributed by atoms with Crippen molar-refractivity contribution in [3.63, 3.8) is 0 Å². The van der Waals surface area contributed by atoms with Gasteiger partial charge in [-0.3, -0.25) is 9.69 Å². The number of hydrogen-bond acceptors (Lipinski definition) is 3. The van der Waals surface area contributed by atoms with Crippen LogP contribution in [0.5, 0.6) is 0 Å². The fraction of sp³-hybridized carbons (Fsp3) is 0.933. The lowest BCUT2D eigenvalue weighted by Gasteiger charge is -2.42. The summed E-state index contributed by atoms with van der Waals surface area (Å²) in [6.45, 7) is 4.35. The molecule has 0 aromatic rings. The molecule has 0 unspecified atom stereocenters. The highest BCUT2D eigenvalue weighted by Gasteiger charge is 2.45. The van der Waals surface area contributed by atoms with Crippen LogP contribution >= 0.6 is 0 Å². The SMILES string of the molecule is CN1CCC(C)(NC(=O)C2(N(C)C)CCCC2)CC1. The van der Waals surface area contributed by atoms with Crippen molar-refractivity contribution < 1.29 is 4.79 Å². The summed E-state index contributed by atoms with van der Waals surface area (Å²) in [5.41, 5.74) is -0.276. The lowest BCUT2D eigenvalue weighted by molar-refractivity contribution is -0.134. The fourth-order valence-corrected chi connectivity index (χ4v) is 3.46. The van der Waals surface area contributed by atoms with Crippen molar-refractivity contribution in [2.45, 2.75) is 56.5 Å². The summed E-state index contributed by atoms with van der Waals surface area (Å²) in [5, 5.41) is 3.37. The van der Waals surface area contributed by atoms with Gasteiger partial charge in [-0.25, -0.2) is 0 Å². The number of hydrogen-bond donors (Lipinski definition) is 1. The highest BCUT2D eigenvalue weighted by molar-refractivity contribution is 5.87. The topological polar surface area (TPSA) is 35.6 Å². The normalized spacial score (nSPS) is 26.6. The van der Waals surface area contributed by atoms with E-state index in [0.29, 0.717) is 0 Å². The molecule has 1 amide bonds. The number of rotatable bonds is 3. The van der Waals surface area contributed by atoms with Gasteiger partial charge in [-0.1, -0.05) is 12.8 Å². The van der Waals surface area contributed by atoms with Crippen molar-refractivity contribution in [3.8, 4) is 0 Å². The van der Waals surface area contributed by atoms with Crippen LogP contribution in [-0.2, 0) is 4.79 Å². The first-order valence-corrected chi connectivity index (χ1v) is 7.57. The van der Waals surface area contributed by atoms with Gasteiger partial charge >= 0.3 is 0 Å². The Labute approximate surface area is 117 Å². The Morgan fingerprint density at radius 3 is 2.11 bits per heavy atom. The second-order valence-electron chi connectivity index (χ2n) is 6.95. The van der Waals surface area contributed by atoms with E-state index in [0.717, 1.165) is 38.8 Å². The summed E-state index contributed by atoms with van der Waals surface area (Å²) in [5.74, 6) is 0.252. The van der Waals surface area contributed by atoms with Crippen LogP contribution in [0, 0.1) is 0 Å². The van der Waals surface area contributed by atoms with Crippen LogP contribution in [0.2, 0.25) is 0 Å². The van der Waals surface area contributed by atoms with Gasteiger partial charge in [-0.05, 0) is 53.8 Å². The molecular formula is C15H29N3O. The zero-order valence-corrected chi connectivity index (χ0v) is 13.0.